The summed E-state index contributed by atoms with van der Waals surface area (Å²) in [5, 5.41) is 8.68. The van der Waals surface area contributed by atoms with Gasteiger partial charge in [0.15, 0.2) is 0 Å². The van der Waals surface area contributed by atoms with Crippen LogP contribution in [0.3, 0.4) is 0 Å². The van der Waals surface area contributed by atoms with E-state index in [0.717, 1.165) is 42.6 Å². The van der Waals surface area contributed by atoms with Gasteiger partial charge < -0.3 is 10.1 Å². The van der Waals surface area contributed by atoms with Crippen LogP contribution in [-0.2, 0) is 16.0 Å². The number of nitrogens with zero attached hydrogens (tertiary/aromatic N) is 2. The molecule has 1 aliphatic rings. The molecule has 8 heteroatoms. The summed E-state index contributed by atoms with van der Waals surface area (Å²) in [6, 6.07) is 12.0. The fourth-order valence-electron chi connectivity index (χ4n) is 3.36. The fourth-order valence-corrected chi connectivity index (χ4v) is 5.23. The summed E-state index contributed by atoms with van der Waals surface area (Å²) in [4.78, 5) is 20.8. The minimum atomic E-state index is -0.0113. The molecular weight excluding hydrogens is 426 g/mol. The number of aromatic nitrogens is 1. The van der Waals surface area contributed by atoms with E-state index in [2.05, 4.69) is 32.7 Å². The number of thiazole rings is 1. The average molecular weight is 448 g/mol. The topological polar surface area (TPSA) is 54.5 Å². The van der Waals surface area contributed by atoms with Crippen LogP contribution in [0.25, 0.3) is 10.6 Å². The van der Waals surface area contributed by atoms with Gasteiger partial charge in [-0.2, -0.15) is 0 Å². The van der Waals surface area contributed by atoms with Gasteiger partial charge in [0.1, 0.15) is 5.01 Å². The Morgan fingerprint density at radius 3 is 2.86 bits per heavy atom. The summed E-state index contributed by atoms with van der Waals surface area (Å²) >= 11 is 9.32. The van der Waals surface area contributed by atoms with Crippen LogP contribution in [0.4, 0.5) is 0 Å². The second-order valence-corrected chi connectivity index (χ2v) is 9.09. The predicted molar refractivity (Wildman–Crippen MR) is 119 cm³/mol. The number of hydrogen-bond donors (Lipinski definition) is 1. The third-order valence-corrected chi connectivity index (χ3v) is 6.96. The fraction of sp³-hybridized carbons (Fsp3) is 0.333. The van der Waals surface area contributed by atoms with Crippen LogP contribution in [0, 0.1) is 0 Å². The Kier molecular flexibility index (Phi) is 6.94. The van der Waals surface area contributed by atoms with Crippen molar-refractivity contribution in [2.45, 2.75) is 12.5 Å². The lowest BCUT2D eigenvalue weighted by atomic mass is 10.2. The molecular formula is C21H22ClN3O2S2. The first-order chi connectivity index (χ1) is 14.2. The van der Waals surface area contributed by atoms with Crippen LogP contribution in [-0.4, -0.2) is 48.6 Å². The van der Waals surface area contributed by atoms with E-state index in [-0.39, 0.29) is 18.4 Å². The normalized spacial score (nSPS) is 15.9. The maximum atomic E-state index is 12.6. The monoisotopic (exact) mass is 447 g/mol. The Morgan fingerprint density at radius 2 is 2.10 bits per heavy atom. The van der Waals surface area contributed by atoms with Gasteiger partial charge in [0.25, 0.3) is 0 Å². The van der Waals surface area contributed by atoms with Gasteiger partial charge in [0, 0.05) is 40.5 Å². The van der Waals surface area contributed by atoms with Crippen molar-refractivity contribution < 1.29 is 9.53 Å². The van der Waals surface area contributed by atoms with Crippen molar-refractivity contribution in [1.29, 1.82) is 0 Å². The molecule has 1 amide bonds. The maximum absolute atomic E-state index is 12.6. The molecule has 0 radical (unpaired) electrons. The van der Waals surface area contributed by atoms with Gasteiger partial charge in [-0.1, -0.05) is 29.8 Å². The van der Waals surface area contributed by atoms with Crippen molar-refractivity contribution in [3.63, 3.8) is 0 Å². The van der Waals surface area contributed by atoms with E-state index in [0.29, 0.717) is 11.6 Å². The third-order valence-electron chi connectivity index (χ3n) is 4.82. The molecule has 1 saturated heterocycles. The number of rotatable bonds is 7. The number of amides is 1. The van der Waals surface area contributed by atoms with Crippen LogP contribution >= 0.6 is 34.3 Å². The highest BCUT2D eigenvalue weighted by Crippen LogP contribution is 2.27. The standard InChI is InChI=1S/C21H22ClN3O2S2/c22-16-4-1-3-15(11-16)21-24-17(14-29-21)12-20(26)23-13-18(19-5-2-10-28-19)25-6-8-27-9-7-25/h1-5,10-11,14,18H,6-9,12-13H2,(H,23,26). The van der Waals surface area contributed by atoms with E-state index < -0.39 is 0 Å². The van der Waals surface area contributed by atoms with Crippen LogP contribution in [0.5, 0.6) is 0 Å². The Morgan fingerprint density at radius 1 is 1.24 bits per heavy atom. The number of carbonyl (C=O) groups excluding carboxylic acids is 1. The van der Waals surface area contributed by atoms with Gasteiger partial charge in [-0.25, -0.2) is 4.98 Å². The number of ether oxygens (including phenoxy) is 1. The minimum absolute atomic E-state index is 0.0113. The molecule has 3 heterocycles. The van der Waals surface area contributed by atoms with E-state index in [4.69, 9.17) is 16.3 Å². The molecule has 152 valence electrons. The summed E-state index contributed by atoms with van der Waals surface area (Å²) in [6.07, 6.45) is 0.275. The summed E-state index contributed by atoms with van der Waals surface area (Å²) in [7, 11) is 0. The van der Waals surface area contributed by atoms with Crippen molar-refractivity contribution in [3.8, 4) is 10.6 Å². The highest BCUT2D eigenvalue weighted by Gasteiger charge is 2.24. The first-order valence-corrected chi connectivity index (χ1v) is 11.6. The average Bonchev–Trinajstić information content (AvgIpc) is 3.42. The van der Waals surface area contributed by atoms with Crippen LogP contribution < -0.4 is 5.32 Å². The lowest BCUT2D eigenvalue weighted by Gasteiger charge is -2.34. The number of benzene rings is 1. The first kappa shape index (κ1) is 20.5. The molecule has 29 heavy (non-hydrogen) atoms. The Hall–Kier alpha value is -1.77. The molecule has 0 bridgehead atoms. The number of hydrogen-bond acceptors (Lipinski definition) is 6. The molecule has 1 fully saturated rings. The minimum Gasteiger partial charge on any atom is -0.379 e. The van der Waals surface area contributed by atoms with E-state index in [1.807, 2.05) is 29.6 Å². The molecule has 5 nitrogen and oxygen atoms in total. The maximum Gasteiger partial charge on any atom is 0.226 e. The van der Waals surface area contributed by atoms with Crippen LogP contribution in [0.1, 0.15) is 16.6 Å². The molecule has 1 aliphatic heterocycles. The van der Waals surface area contributed by atoms with E-state index in [1.165, 1.54) is 16.2 Å². The molecule has 1 atom stereocenters. The lowest BCUT2D eigenvalue weighted by molar-refractivity contribution is -0.120. The molecule has 1 unspecified atom stereocenters. The smallest absolute Gasteiger partial charge is 0.226 e. The Labute approximate surface area is 183 Å². The number of thiophene rings is 1. The molecule has 2 aromatic heterocycles. The zero-order valence-corrected chi connectivity index (χ0v) is 18.2. The second kappa shape index (κ2) is 9.82. The van der Waals surface area contributed by atoms with Gasteiger partial charge in [0.2, 0.25) is 5.91 Å². The van der Waals surface area contributed by atoms with E-state index in [9.17, 15) is 4.79 Å². The molecule has 0 saturated carbocycles. The largest absolute Gasteiger partial charge is 0.379 e. The molecule has 0 spiro atoms. The molecule has 3 aromatic rings. The van der Waals surface area contributed by atoms with Crippen molar-refractivity contribution >= 4 is 40.2 Å². The summed E-state index contributed by atoms with van der Waals surface area (Å²) in [5.74, 6) is -0.0113. The van der Waals surface area contributed by atoms with Crippen molar-refractivity contribution in [1.82, 2.24) is 15.2 Å². The first-order valence-electron chi connectivity index (χ1n) is 9.51. The highest BCUT2D eigenvalue weighted by molar-refractivity contribution is 7.13. The lowest BCUT2D eigenvalue weighted by Crippen LogP contribution is -2.43. The summed E-state index contributed by atoms with van der Waals surface area (Å²) < 4.78 is 5.48. The van der Waals surface area contributed by atoms with Crippen molar-refractivity contribution in [2.24, 2.45) is 0 Å². The number of morpholine rings is 1. The van der Waals surface area contributed by atoms with Crippen LogP contribution in [0.2, 0.25) is 5.02 Å². The van der Waals surface area contributed by atoms with Crippen molar-refractivity contribution in [2.75, 3.05) is 32.8 Å². The van der Waals surface area contributed by atoms with Crippen molar-refractivity contribution in [3.05, 3.63) is 62.8 Å². The zero-order chi connectivity index (χ0) is 20.1. The predicted octanol–water partition coefficient (Wildman–Crippen LogP) is 4.26. The summed E-state index contributed by atoms with van der Waals surface area (Å²) in [5.41, 5.74) is 1.75. The summed E-state index contributed by atoms with van der Waals surface area (Å²) in [6.45, 7) is 3.83. The molecule has 1 N–H and O–H groups in total. The van der Waals surface area contributed by atoms with E-state index in [1.54, 1.807) is 11.3 Å². The molecule has 0 aliphatic carbocycles. The van der Waals surface area contributed by atoms with Gasteiger partial charge in [-0.15, -0.1) is 22.7 Å². The van der Waals surface area contributed by atoms with Gasteiger partial charge >= 0.3 is 0 Å². The van der Waals surface area contributed by atoms with Gasteiger partial charge in [-0.05, 0) is 23.6 Å². The second-order valence-electron chi connectivity index (χ2n) is 6.81. The third kappa shape index (κ3) is 5.43. The number of halogens is 1. The quantitative estimate of drug-likeness (QED) is 0.588. The SMILES string of the molecule is O=C(Cc1csc(-c2cccc(Cl)c2)n1)NCC(c1cccs1)N1CCOCC1. The zero-order valence-electron chi connectivity index (χ0n) is 15.8. The Balaban J connectivity index is 1.36. The highest BCUT2D eigenvalue weighted by atomic mass is 35.5. The van der Waals surface area contributed by atoms with Gasteiger partial charge in [-0.3, -0.25) is 9.69 Å². The van der Waals surface area contributed by atoms with E-state index >= 15 is 0 Å². The number of carbonyl (C=O) groups is 1. The van der Waals surface area contributed by atoms with Crippen LogP contribution in [0.15, 0.2) is 47.2 Å². The molecule has 4 rings (SSSR count). The van der Waals surface area contributed by atoms with Gasteiger partial charge in [0.05, 0.1) is 31.4 Å². The number of nitrogens with one attached hydrogen (secondary N) is 1. The Bertz CT molecular complexity index is 939. The molecule has 1 aromatic carbocycles.